The number of rotatable bonds is 9. The zero-order valence-corrected chi connectivity index (χ0v) is 18.8. The van der Waals surface area contributed by atoms with Gasteiger partial charge >= 0.3 is 5.97 Å². The number of halogens is 1. The molecule has 0 spiro atoms. The van der Waals surface area contributed by atoms with Gasteiger partial charge in [0.25, 0.3) is 0 Å². The third kappa shape index (κ3) is 5.63. The van der Waals surface area contributed by atoms with Crippen LogP contribution in [0.3, 0.4) is 0 Å². The van der Waals surface area contributed by atoms with Crippen LogP contribution in [0, 0.1) is 6.92 Å². The number of hydrogen-bond acceptors (Lipinski definition) is 6. The maximum absolute atomic E-state index is 11.2. The Hall–Kier alpha value is -2.80. The van der Waals surface area contributed by atoms with Gasteiger partial charge < -0.3 is 18.6 Å². The van der Waals surface area contributed by atoms with E-state index in [1.54, 1.807) is 12.1 Å². The van der Waals surface area contributed by atoms with Gasteiger partial charge in [-0.05, 0) is 58.6 Å². The van der Waals surface area contributed by atoms with Crippen LogP contribution in [0.1, 0.15) is 30.4 Å². The van der Waals surface area contributed by atoms with E-state index >= 15 is 0 Å². The molecule has 0 aliphatic rings. The Bertz CT molecular complexity index is 997. The Morgan fingerprint density at radius 1 is 1.13 bits per heavy atom. The molecule has 6 nitrogen and oxygen atoms in total. The van der Waals surface area contributed by atoms with Crippen molar-refractivity contribution in [2.24, 2.45) is 0 Å². The molecule has 1 aromatic heterocycles. The molecule has 30 heavy (non-hydrogen) atoms. The largest absolute Gasteiger partial charge is 0.484 e. The number of benzene rings is 2. The normalized spacial score (nSPS) is 10.7. The van der Waals surface area contributed by atoms with Crippen LogP contribution in [0.4, 0.5) is 0 Å². The number of methoxy groups -OCH3 is 1. The molecular formula is C23H24BrNO5. The van der Waals surface area contributed by atoms with E-state index in [4.69, 9.17) is 13.9 Å². The van der Waals surface area contributed by atoms with Crippen LogP contribution in [0.25, 0.3) is 11.3 Å². The molecule has 0 N–H and O–H groups in total. The summed E-state index contributed by atoms with van der Waals surface area (Å²) in [5.74, 6) is 1.97. The van der Waals surface area contributed by atoms with Crippen LogP contribution in [0.2, 0.25) is 0 Å². The second-order valence-corrected chi connectivity index (χ2v) is 7.51. The number of oxazole rings is 1. The predicted molar refractivity (Wildman–Crippen MR) is 117 cm³/mol. The van der Waals surface area contributed by atoms with Crippen molar-refractivity contribution < 1.29 is 23.4 Å². The van der Waals surface area contributed by atoms with Crippen molar-refractivity contribution in [3.63, 3.8) is 0 Å². The summed E-state index contributed by atoms with van der Waals surface area (Å²) in [5.41, 5.74) is 3.11. The summed E-state index contributed by atoms with van der Waals surface area (Å²) in [6, 6.07) is 13.6. The number of aryl methyl sites for hydroxylation is 2. The maximum Gasteiger partial charge on any atom is 0.343 e. The van der Waals surface area contributed by atoms with E-state index in [1.165, 1.54) is 12.7 Å². The van der Waals surface area contributed by atoms with Crippen molar-refractivity contribution >= 4 is 21.9 Å². The molecule has 0 fully saturated rings. The summed E-state index contributed by atoms with van der Waals surface area (Å²) < 4.78 is 22.4. The van der Waals surface area contributed by atoms with Gasteiger partial charge in [0.15, 0.2) is 23.6 Å². The van der Waals surface area contributed by atoms with Gasteiger partial charge in [-0.2, -0.15) is 0 Å². The first kappa shape index (κ1) is 21.9. The molecule has 0 radical (unpaired) electrons. The van der Waals surface area contributed by atoms with E-state index < -0.39 is 5.97 Å². The number of aromatic nitrogens is 1. The molecule has 2 aromatic carbocycles. The van der Waals surface area contributed by atoms with Gasteiger partial charge in [0.1, 0.15) is 11.5 Å². The van der Waals surface area contributed by atoms with E-state index in [-0.39, 0.29) is 13.2 Å². The van der Waals surface area contributed by atoms with Crippen LogP contribution >= 0.6 is 15.9 Å². The number of ether oxygens (including phenoxy) is 3. The summed E-state index contributed by atoms with van der Waals surface area (Å²) in [7, 11) is 1.32. The van der Waals surface area contributed by atoms with Gasteiger partial charge in [0.2, 0.25) is 5.89 Å². The number of nitrogens with zero attached hydrogens (tertiary/aromatic N) is 1. The molecule has 0 aliphatic heterocycles. The molecular weight excluding hydrogens is 450 g/mol. The molecule has 0 amide bonds. The Kier molecular flexibility index (Phi) is 7.52. The molecule has 0 unspecified atom stereocenters. The van der Waals surface area contributed by atoms with Crippen LogP contribution in [0.15, 0.2) is 51.5 Å². The first-order valence-corrected chi connectivity index (χ1v) is 10.5. The minimum Gasteiger partial charge on any atom is -0.484 e. The van der Waals surface area contributed by atoms with Gasteiger partial charge in [0, 0.05) is 5.56 Å². The van der Waals surface area contributed by atoms with Crippen molar-refractivity contribution in [3.8, 4) is 22.8 Å². The smallest absolute Gasteiger partial charge is 0.343 e. The number of carbonyl (C=O) groups is 1. The highest BCUT2D eigenvalue weighted by molar-refractivity contribution is 9.10. The van der Waals surface area contributed by atoms with E-state index in [9.17, 15) is 4.79 Å². The quantitative estimate of drug-likeness (QED) is 0.382. The second kappa shape index (κ2) is 10.3. The molecule has 0 bridgehead atoms. The molecule has 0 aliphatic carbocycles. The zero-order chi connectivity index (χ0) is 21.5. The Balaban J connectivity index is 1.63. The Labute approximate surface area is 184 Å². The van der Waals surface area contributed by atoms with E-state index in [2.05, 4.69) is 44.7 Å². The molecule has 158 valence electrons. The highest BCUT2D eigenvalue weighted by Crippen LogP contribution is 2.30. The SMILES string of the molecule is CCCc1ccc(-c2oc(COc3ccc(OCC(=O)OC)c(C)c3)nc2Br)cc1. The fraction of sp³-hybridized carbons (Fsp3) is 0.304. The molecule has 0 saturated heterocycles. The lowest BCUT2D eigenvalue weighted by atomic mass is 10.1. The van der Waals surface area contributed by atoms with Crippen LogP contribution in [-0.2, 0) is 22.6 Å². The van der Waals surface area contributed by atoms with Gasteiger partial charge in [-0.15, -0.1) is 0 Å². The standard InChI is InChI=1S/C23H24BrNO5/c1-4-5-16-6-8-17(9-7-16)22-23(24)25-20(30-22)13-28-18-10-11-19(15(2)12-18)29-14-21(26)27-3/h6-12H,4-5,13-14H2,1-3H3. The van der Waals surface area contributed by atoms with Crippen LogP contribution < -0.4 is 9.47 Å². The summed E-state index contributed by atoms with van der Waals surface area (Å²) in [5, 5.41) is 0. The highest BCUT2D eigenvalue weighted by Gasteiger charge is 2.14. The lowest BCUT2D eigenvalue weighted by Gasteiger charge is -2.10. The zero-order valence-electron chi connectivity index (χ0n) is 17.2. The summed E-state index contributed by atoms with van der Waals surface area (Å²) >= 11 is 3.47. The summed E-state index contributed by atoms with van der Waals surface area (Å²) in [6.07, 6.45) is 2.17. The molecule has 3 aromatic rings. The number of hydrogen-bond donors (Lipinski definition) is 0. The third-order valence-corrected chi connectivity index (χ3v) is 5.00. The fourth-order valence-electron chi connectivity index (χ4n) is 2.91. The van der Waals surface area contributed by atoms with E-state index in [0.29, 0.717) is 27.8 Å². The first-order chi connectivity index (χ1) is 14.5. The molecule has 0 atom stereocenters. The fourth-order valence-corrected chi connectivity index (χ4v) is 3.42. The van der Waals surface area contributed by atoms with Gasteiger partial charge in [-0.1, -0.05) is 37.6 Å². The van der Waals surface area contributed by atoms with Crippen LogP contribution in [0.5, 0.6) is 11.5 Å². The third-order valence-electron chi connectivity index (χ3n) is 4.47. The van der Waals surface area contributed by atoms with E-state index in [1.807, 2.05) is 25.1 Å². The second-order valence-electron chi connectivity index (χ2n) is 6.76. The first-order valence-electron chi connectivity index (χ1n) is 9.67. The Morgan fingerprint density at radius 3 is 2.57 bits per heavy atom. The molecule has 3 rings (SSSR count). The van der Waals surface area contributed by atoms with Gasteiger partial charge in [-0.3, -0.25) is 0 Å². The lowest BCUT2D eigenvalue weighted by Crippen LogP contribution is -2.13. The number of carbonyl (C=O) groups excluding carboxylic acids is 1. The number of esters is 1. The minimum atomic E-state index is -0.431. The summed E-state index contributed by atoms with van der Waals surface area (Å²) in [6.45, 7) is 4.09. The van der Waals surface area contributed by atoms with Crippen molar-refractivity contribution in [1.82, 2.24) is 4.98 Å². The monoisotopic (exact) mass is 473 g/mol. The topological polar surface area (TPSA) is 70.8 Å². The van der Waals surface area contributed by atoms with Gasteiger partial charge in [0.05, 0.1) is 7.11 Å². The van der Waals surface area contributed by atoms with Crippen molar-refractivity contribution in [3.05, 3.63) is 64.1 Å². The van der Waals surface area contributed by atoms with Crippen molar-refractivity contribution in [1.29, 1.82) is 0 Å². The maximum atomic E-state index is 11.2. The van der Waals surface area contributed by atoms with E-state index in [0.717, 1.165) is 24.0 Å². The predicted octanol–water partition coefficient (Wildman–Crippen LogP) is 5.50. The van der Waals surface area contributed by atoms with Crippen molar-refractivity contribution in [2.75, 3.05) is 13.7 Å². The molecule has 0 saturated carbocycles. The average Bonchev–Trinajstić information content (AvgIpc) is 3.12. The highest BCUT2D eigenvalue weighted by atomic mass is 79.9. The molecule has 1 heterocycles. The Morgan fingerprint density at radius 2 is 1.90 bits per heavy atom. The molecule has 7 heteroatoms. The average molecular weight is 474 g/mol. The minimum absolute atomic E-state index is 0.135. The van der Waals surface area contributed by atoms with Crippen LogP contribution in [-0.4, -0.2) is 24.7 Å². The van der Waals surface area contributed by atoms with Gasteiger partial charge in [-0.25, -0.2) is 9.78 Å². The lowest BCUT2D eigenvalue weighted by molar-refractivity contribution is -0.142. The summed E-state index contributed by atoms with van der Waals surface area (Å²) in [4.78, 5) is 15.6. The van der Waals surface area contributed by atoms with Crippen molar-refractivity contribution in [2.45, 2.75) is 33.3 Å².